The first kappa shape index (κ1) is 10.3. The molecule has 0 aromatic carbocycles. The Hall–Kier alpha value is -2.90. The molecule has 3 N–H and O–H groups in total. The zero-order chi connectivity index (χ0) is 12.4. The maximum absolute atomic E-state index is 11.6. The molecule has 0 radical (unpaired) electrons. The summed E-state index contributed by atoms with van der Waals surface area (Å²) in [4.78, 5) is 19.6. The van der Waals surface area contributed by atoms with Crippen LogP contribution in [0.5, 0.6) is 0 Å². The van der Waals surface area contributed by atoms with Gasteiger partial charge in [0.15, 0.2) is 17.2 Å². The number of carbonyl (C=O) groups is 1. The third-order valence-corrected chi connectivity index (χ3v) is 2.29. The maximum Gasteiger partial charge on any atom is 0.305 e. The second kappa shape index (κ2) is 4.17. The normalized spacial score (nSPS) is 10.4. The minimum atomic E-state index is -0.393. The summed E-state index contributed by atoms with van der Waals surface area (Å²) in [7, 11) is 0. The molecule has 18 heavy (non-hydrogen) atoms. The SMILES string of the molecule is O=C(NNc1ncnc2[nH]ncc12)c1ccco1. The summed E-state index contributed by atoms with van der Waals surface area (Å²) in [5, 5.41) is 7.22. The van der Waals surface area contributed by atoms with Gasteiger partial charge in [-0.2, -0.15) is 5.10 Å². The largest absolute Gasteiger partial charge is 0.459 e. The van der Waals surface area contributed by atoms with Gasteiger partial charge in [0.2, 0.25) is 0 Å². The number of nitrogens with one attached hydrogen (secondary N) is 3. The number of hydrogen-bond acceptors (Lipinski definition) is 6. The first-order valence-corrected chi connectivity index (χ1v) is 5.08. The summed E-state index contributed by atoms with van der Waals surface area (Å²) in [6, 6.07) is 3.19. The Morgan fingerprint density at radius 3 is 3.17 bits per heavy atom. The fourth-order valence-corrected chi connectivity index (χ4v) is 1.45. The van der Waals surface area contributed by atoms with E-state index in [-0.39, 0.29) is 5.76 Å². The van der Waals surface area contributed by atoms with Gasteiger partial charge in [0, 0.05) is 0 Å². The number of aromatic nitrogens is 4. The van der Waals surface area contributed by atoms with Crippen LogP contribution in [-0.2, 0) is 0 Å². The highest BCUT2D eigenvalue weighted by molar-refractivity contribution is 5.93. The van der Waals surface area contributed by atoms with Crippen LogP contribution >= 0.6 is 0 Å². The summed E-state index contributed by atoms with van der Waals surface area (Å²) < 4.78 is 4.95. The van der Waals surface area contributed by atoms with E-state index in [0.717, 1.165) is 0 Å². The summed E-state index contributed by atoms with van der Waals surface area (Å²) >= 11 is 0. The number of anilines is 1. The zero-order valence-electron chi connectivity index (χ0n) is 9.04. The van der Waals surface area contributed by atoms with Crippen molar-refractivity contribution in [2.45, 2.75) is 0 Å². The molecule has 3 aromatic rings. The standard InChI is InChI=1S/C10H8N6O2/c17-10(7-2-1-3-18-7)16-15-9-6-4-13-14-8(6)11-5-12-9/h1-5H,(H,16,17)(H2,11,12,13,14,15). The van der Waals surface area contributed by atoms with Crippen molar-refractivity contribution in [2.75, 3.05) is 5.43 Å². The van der Waals surface area contributed by atoms with Crippen LogP contribution in [0, 0.1) is 0 Å². The van der Waals surface area contributed by atoms with E-state index < -0.39 is 5.91 Å². The molecule has 8 heteroatoms. The van der Waals surface area contributed by atoms with Crippen molar-refractivity contribution in [3.05, 3.63) is 36.7 Å². The number of carbonyl (C=O) groups excluding carboxylic acids is 1. The maximum atomic E-state index is 11.6. The van der Waals surface area contributed by atoms with E-state index in [0.29, 0.717) is 16.9 Å². The van der Waals surface area contributed by atoms with Crippen molar-refractivity contribution in [1.82, 2.24) is 25.6 Å². The Bertz CT molecular complexity index is 675. The molecule has 3 aromatic heterocycles. The van der Waals surface area contributed by atoms with E-state index in [1.807, 2.05) is 0 Å². The van der Waals surface area contributed by atoms with Crippen LogP contribution in [0.1, 0.15) is 10.6 Å². The molecule has 0 bridgehead atoms. The van der Waals surface area contributed by atoms with Crippen molar-refractivity contribution in [2.24, 2.45) is 0 Å². The van der Waals surface area contributed by atoms with Crippen molar-refractivity contribution >= 4 is 22.8 Å². The van der Waals surface area contributed by atoms with Crippen LogP contribution < -0.4 is 10.9 Å². The molecule has 3 rings (SSSR count). The minimum absolute atomic E-state index is 0.208. The number of aromatic amines is 1. The smallest absolute Gasteiger partial charge is 0.305 e. The highest BCUT2D eigenvalue weighted by Crippen LogP contribution is 2.14. The average Bonchev–Trinajstić information content (AvgIpc) is 3.05. The molecule has 0 unspecified atom stereocenters. The Morgan fingerprint density at radius 1 is 1.39 bits per heavy atom. The second-order valence-corrected chi connectivity index (χ2v) is 3.41. The molecule has 3 heterocycles. The number of nitrogens with zero attached hydrogens (tertiary/aromatic N) is 3. The number of fused-ring (bicyclic) bond motifs is 1. The van der Waals surface area contributed by atoms with Crippen LogP contribution in [0.3, 0.4) is 0 Å². The van der Waals surface area contributed by atoms with E-state index in [4.69, 9.17) is 4.42 Å². The zero-order valence-corrected chi connectivity index (χ0v) is 9.04. The Balaban J connectivity index is 1.77. The molecule has 0 saturated carbocycles. The summed E-state index contributed by atoms with van der Waals surface area (Å²) in [5.74, 6) is 0.268. The number of furan rings is 1. The number of rotatable bonds is 3. The Labute approximate surface area is 100 Å². The second-order valence-electron chi connectivity index (χ2n) is 3.41. The van der Waals surface area contributed by atoms with Crippen LogP contribution in [0.15, 0.2) is 35.3 Å². The molecule has 1 amide bonds. The third-order valence-electron chi connectivity index (χ3n) is 2.29. The van der Waals surface area contributed by atoms with Crippen molar-refractivity contribution in [3.8, 4) is 0 Å². The Morgan fingerprint density at radius 2 is 2.33 bits per heavy atom. The molecule has 0 saturated heterocycles. The van der Waals surface area contributed by atoms with E-state index >= 15 is 0 Å². The van der Waals surface area contributed by atoms with Crippen LogP contribution in [0.2, 0.25) is 0 Å². The molecular weight excluding hydrogens is 236 g/mol. The molecule has 0 aliphatic rings. The van der Waals surface area contributed by atoms with E-state index in [9.17, 15) is 4.79 Å². The van der Waals surface area contributed by atoms with Gasteiger partial charge >= 0.3 is 5.91 Å². The first-order chi connectivity index (χ1) is 8.84. The fraction of sp³-hybridized carbons (Fsp3) is 0. The quantitative estimate of drug-likeness (QED) is 0.585. The van der Waals surface area contributed by atoms with Gasteiger partial charge in [-0.1, -0.05) is 0 Å². The molecule has 0 aliphatic heterocycles. The van der Waals surface area contributed by atoms with Gasteiger partial charge in [0.1, 0.15) is 6.33 Å². The predicted octanol–water partition coefficient (Wildman–Crippen LogP) is 0.703. The number of hydrogen-bond donors (Lipinski definition) is 3. The molecule has 8 nitrogen and oxygen atoms in total. The molecule has 0 atom stereocenters. The first-order valence-electron chi connectivity index (χ1n) is 5.08. The van der Waals surface area contributed by atoms with Crippen LogP contribution in [0.4, 0.5) is 5.82 Å². The summed E-state index contributed by atoms with van der Waals surface area (Å²) in [5.41, 5.74) is 5.74. The van der Waals surface area contributed by atoms with Gasteiger partial charge in [-0.3, -0.25) is 20.7 Å². The van der Waals surface area contributed by atoms with E-state index in [1.165, 1.54) is 12.6 Å². The third kappa shape index (κ3) is 1.75. The van der Waals surface area contributed by atoms with E-state index in [1.54, 1.807) is 18.3 Å². The molecule has 90 valence electrons. The molecular formula is C10H8N6O2. The summed E-state index contributed by atoms with van der Waals surface area (Å²) in [6.45, 7) is 0. The highest BCUT2D eigenvalue weighted by Gasteiger charge is 2.09. The molecule has 0 aliphatic carbocycles. The highest BCUT2D eigenvalue weighted by atomic mass is 16.3. The number of H-pyrrole nitrogens is 1. The van der Waals surface area contributed by atoms with Gasteiger partial charge in [0.05, 0.1) is 17.8 Å². The fourth-order valence-electron chi connectivity index (χ4n) is 1.45. The average molecular weight is 244 g/mol. The van der Waals surface area contributed by atoms with Crippen molar-refractivity contribution in [3.63, 3.8) is 0 Å². The number of hydrazine groups is 1. The monoisotopic (exact) mass is 244 g/mol. The molecule has 0 spiro atoms. The van der Waals surface area contributed by atoms with E-state index in [2.05, 4.69) is 31.0 Å². The van der Waals surface area contributed by atoms with Crippen LogP contribution in [0.25, 0.3) is 11.0 Å². The van der Waals surface area contributed by atoms with Crippen molar-refractivity contribution < 1.29 is 9.21 Å². The van der Waals surface area contributed by atoms with Crippen molar-refractivity contribution in [1.29, 1.82) is 0 Å². The lowest BCUT2D eigenvalue weighted by Gasteiger charge is -2.06. The lowest BCUT2D eigenvalue weighted by atomic mass is 10.4. The number of amides is 1. The van der Waals surface area contributed by atoms with Gasteiger partial charge in [-0.05, 0) is 12.1 Å². The molecule has 0 fully saturated rings. The topological polar surface area (TPSA) is 109 Å². The lowest BCUT2D eigenvalue weighted by Crippen LogP contribution is -2.29. The summed E-state index contributed by atoms with van der Waals surface area (Å²) in [6.07, 6.45) is 4.35. The van der Waals surface area contributed by atoms with Gasteiger partial charge in [-0.25, -0.2) is 9.97 Å². The van der Waals surface area contributed by atoms with Gasteiger partial charge in [0.25, 0.3) is 0 Å². The lowest BCUT2D eigenvalue weighted by molar-refractivity contribution is 0.0935. The van der Waals surface area contributed by atoms with Crippen LogP contribution in [-0.4, -0.2) is 26.1 Å². The van der Waals surface area contributed by atoms with Gasteiger partial charge < -0.3 is 4.42 Å². The predicted molar refractivity (Wildman–Crippen MR) is 61.5 cm³/mol. The van der Waals surface area contributed by atoms with Gasteiger partial charge in [-0.15, -0.1) is 0 Å². The Kier molecular flexibility index (Phi) is 2.38. The minimum Gasteiger partial charge on any atom is -0.459 e.